The zero-order valence-corrected chi connectivity index (χ0v) is 17.4. The standard InChI is InChI=1S/C23H27N5O2/c1-17-15-21(25-23(24-17)28-9-5-2-6-10-28)26-11-13-27(14-12-26)22(29)20-16-18-7-3-4-8-19(18)30-20/h3-4,7-8,15-16H,2,5-6,9-14H2,1H3. The van der Waals surface area contributed by atoms with Gasteiger partial charge < -0.3 is 19.1 Å². The van der Waals surface area contributed by atoms with Gasteiger partial charge in [-0.15, -0.1) is 0 Å². The maximum absolute atomic E-state index is 12.9. The first kappa shape index (κ1) is 18.9. The molecular formula is C23H27N5O2. The molecule has 0 bridgehead atoms. The predicted molar refractivity (Wildman–Crippen MR) is 117 cm³/mol. The van der Waals surface area contributed by atoms with Crippen molar-refractivity contribution in [3.05, 3.63) is 47.9 Å². The van der Waals surface area contributed by atoms with Gasteiger partial charge in [0.15, 0.2) is 5.76 Å². The summed E-state index contributed by atoms with van der Waals surface area (Å²) < 4.78 is 5.76. The molecule has 0 aliphatic carbocycles. The van der Waals surface area contributed by atoms with Crippen molar-refractivity contribution in [1.29, 1.82) is 0 Å². The van der Waals surface area contributed by atoms with Crippen LogP contribution in [-0.4, -0.2) is 60.0 Å². The number of benzene rings is 1. The van der Waals surface area contributed by atoms with Gasteiger partial charge in [-0.25, -0.2) is 4.98 Å². The summed E-state index contributed by atoms with van der Waals surface area (Å²) in [7, 11) is 0. The van der Waals surface area contributed by atoms with Crippen LogP contribution >= 0.6 is 0 Å². The van der Waals surface area contributed by atoms with Crippen LogP contribution in [0, 0.1) is 6.92 Å². The average Bonchev–Trinajstić information content (AvgIpc) is 3.23. The second kappa shape index (κ2) is 7.97. The van der Waals surface area contributed by atoms with Crippen LogP contribution in [0.1, 0.15) is 35.5 Å². The number of piperazine rings is 1. The van der Waals surface area contributed by atoms with Gasteiger partial charge in [-0.05, 0) is 38.3 Å². The molecule has 7 heteroatoms. The van der Waals surface area contributed by atoms with Crippen LogP contribution in [0.3, 0.4) is 0 Å². The molecule has 2 saturated heterocycles. The number of nitrogens with zero attached hydrogens (tertiary/aromatic N) is 5. The molecule has 1 aromatic carbocycles. The van der Waals surface area contributed by atoms with Crippen LogP contribution in [0.5, 0.6) is 0 Å². The molecule has 2 fully saturated rings. The third-order valence-corrected chi connectivity index (χ3v) is 5.99. The molecule has 156 valence electrons. The number of rotatable bonds is 3. The van der Waals surface area contributed by atoms with Crippen LogP contribution in [0.25, 0.3) is 11.0 Å². The smallest absolute Gasteiger partial charge is 0.289 e. The number of para-hydroxylation sites is 1. The van der Waals surface area contributed by atoms with E-state index >= 15 is 0 Å². The minimum absolute atomic E-state index is 0.0428. The molecule has 2 aromatic heterocycles. The van der Waals surface area contributed by atoms with Gasteiger partial charge in [0, 0.05) is 56.4 Å². The van der Waals surface area contributed by atoms with E-state index in [4.69, 9.17) is 9.40 Å². The van der Waals surface area contributed by atoms with E-state index in [1.165, 1.54) is 19.3 Å². The van der Waals surface area contributed by atoms with Crippen molar-refractivity contribution in [2.24, 2.45) is 0 Å². The molecular weight excluding hydrogens is 378 g/mol. The second-order valence-corrected chi connectivity index (χ2v) is 8.14. The van der Waals surface area contributed by atoms with Gasteiger partial charge in [0.2, 0.25) is 5.95 Å². The van der Waals surface area contributed by atoms with Gasteiger partial charge in [-0.3, -0.25) is 4.79 Å². The van der Waals surface area contributed by atoms with Crippen molar-refractivity contribution in [3.8, 4) is 0 Å². The first-order valence-corrected chi connectivity index (χ1v) is 10.8. The molecule has 0 spiro atoms. The highest BCUT2D eigenvalue weighted by Gasteiger charge is 2.26. The SMILES string of the molecule is Cc1cc(N2CCN(C(=O)c3cc4ccccc4o3)CC2)nc(N2CCCCC2)n1. The molecule has 0 N–H and O–H groups in total. The van der Waals surface area contributed by atoms with E-state index in [1.54, 1.807) is 0 Å². The van der Waals surface area contributed by atoms with Crippen molar-refractivity contribution >= 4 is 28.6 Å². The summed E-state index contributed by atoms with van der Waals surface area (Å²) in [6.07, 6.45) is 3.70. The summed E-state index contributed by atoms with van der Waals surface area (Å²) in [6, 6.07) is 11.6. The lowest BCUT2D eigenvalue weighted by atomic mass is 10.1. The Balaban J connectivity index is 1.27. The Morgan fingerprint density at radius 3 is 2.43 bits per heavy atom. The second-order valence-electron chi connectivity index (χ2n) is 8.14. The quantitative estimate of drug-likeness (QED) is 0.665. The lowest BCUT2D eigenvalue weighted by molar-refractivity contribution is 0.0717. The van der Waals surface area contributed by atoms with Crippen LogP contribution in [0.15, 0.2) is 40.8 Å². The molecule has 30 heavy (non-hydrogen) atoms. The summed E-state index contributed by atoms with van der Waals surface area (Å²) >= 11 is 0. The highest BCUT2D eigenvalue weighted by Crippen LogP contribution is 2.23. The molecule has 2 aliphatic heterocycles. The summed E-state index contributed by atoms with van der Waals surface area (Å²) in [6.45, 7) is 6.89. The minimum Gasteiger partial charge on any atom is -0.451 e. The lowest BCUT2D eigenvalue weighted by Crippen LogP contribution is -2.49. The predicted octanol–water partition coefficient (Wildman–Crippen LogP) is 3.48. The molecule has 7 nitrogen and oxygen atoms in total. The summed E-state index contributed by atoms with van der Waals surface area (Å²) in [5.74, 6) is 2.16. The topological polar surface area (TPSA) is 65.7 Å². The number of carbonyl (C=O) groups excluding carboxylic acids is 1. The molecule has 0 atom stereocenters. The first-order chi connectivity index (χ1) is 14.7. The Morgan fingerprint density at radius 2 is 1.67 bits per heavy atom. The van der Waals surface area contributed by atoms with E-state index in [-0.39, 0.29) is 5.91 Å². The third-order valence-electron chi connectivity index (χ3n) is 5.99. The summed E-state index contributed by atoms with van der Waals surface area (Å²) in [5.41, 5.74) is 1.74. The molecule has 0 radical (unpaired) electrons. The molecule has 0 saturated carbocycles. The number of aryl methyl sites for hydroxylation is 1. The van der Waals surface area contributed by atoms with Crippen LogP contribution in [-0.2, 0) is 0 Å². The number of fused-ring (bicyclic) bond motifs is 1. The highest BCUT2D eigenvalue weighted by molar-refractivity contribution is 5.96. The Morgan fingerprint density at radius 1 is 0.900 bits per heavy atom. The monoisotopic (exact) mass is 405 g/mol. The number of amides is 1. The fraction of sp³-hybridized carbons (Fsp3) is 0.435. The van der Waals surface area contributed by atoms with Gasteiger partial charge in [0.25, 0.3) is 5.91 Å². The van der Waals surface area contributed by atoms with E-state index in [9.17, 15) is 4.79 Å². The minimum atomic E-state index is -0.0428. The van der Waals surface area contributed by atoms with E-state index in [1.807, 2.05) is 48.2 Å². The Bertz CT molecular complexity index is 1020. The maximum Gasteiger partial charge on any atom is 0.289 e. The van der Waals surface area contributed by atoms with Crippen LogP contribution < -0.4 is 9.80 Å². The summed E-state index contributed by atoms with van der Waals surface area (Å²) in [4.78, 5) is 28.8. The van der Waals surface area contributed by atoms with Gasteiger partial charge in [0.05, 0.1) is 0 Å². The summed E-state index contributed by atoms with van der Waals surface area (Å²) in [5, 5.41) is 0.959. The van der Waals surface area contributed by atoms with Crippen LogP contribution in [0.2, 0.25) is 0 Å². The molecule has 0 unspecified atom stereocenters. The Kier molecular flexibility index (Phi) is 5.02. The van der Waals surface area contributed by atoms with Crippen molar-refractivity contribution in [2.75, 3.05) is 49.1 Å². The number of piperidine rings is 1. The maximum atomic E-state index is 12.9. The van der Waals surface area contributed by atoms with Gasteiger partial charge in [-0.2, -0.15) is 4.98 Å². The van der Waals surface area contributed by atoms with Crippen molar-refractivity contribution < 1.29 is 9.21 Å². The van der Waals surface area contributed by atoms with Crippen molar-refractivity contribution in [3.63, 3.8) is 0 Å². The van der Waals surface area contributed by atoms with E-state index in [0.29, 0.717) is 18.8 Å². The van der Waals surface area contributed by atoms with E-state index in [0.717, 1.165) is 54.6 Å². The zero-order chi connectivity index (χ0) is 20.5. The fourth-order valence-corrected chi connectivity index (χ4v) is 4.32. The Labute approximate surface area is 176 Å². The van der Waals surface area contributed by atoms with E-state index in [2.05, 4.69) is 14.8 Å². The molecule has 4 heterocycles. The van der Waals surface area contributed by atoms with E-state index < -0.39 is 0 Å². The van der Waals surface area contributed by atoms with Gasteiger partial charge in [0.1, 0.15) is 11.4 Å². The molecule has 3 aromatic rings. The van der Waals surface area contributed by atoms with Gasteiger partial charge in [-0.1, -0.05) is 18.2 Å². The normalized spacial score (nSPS) is 17.6. The van der Waals surface area contributed by atoms with Crippen molar-refractivity contribution in [2.45, 2.75) is 26.2 Å². The molecule has 1 amide bonds. The van der Waals surface area contributed by atoms with Crippen LogP contribution in [0.4, 0.5) is 11.8 Å². The number of furan rings is 1. The largest absolute Gasteiger partial charge is 0.451 e. The lowest BCUT2D eigenvalue weighted by Gasteiger charge is -2.35. The number of hydrogen-bond acceptors (Lipinski definition) is 6. The number of aromatic nitrogens is 2. The fourth-order valence-electron chi connectivity index (χ4n) is 4.32. The number of anilines is 2. The Hall–Kier alpha value is -3.09. The number of carbonyl (C=O) groups is 1. The average molecular weight is 406 g/mol. The first-order valence-electron chi connectivity index (χ1n) is 10.8. The zero-order valence-electron chi connectivity index (χ0n) is 17.4. The highest BCUT2D eigenvalue weighted by atomic mass is 16.3. The van der Waals surface area contributed by atoms with Crippen molar-refractivity contribution in [1.82, 2.24) is 14.9 Å². The third kappa shape index (κ3) is 3.72. The molecule has 5 rings (SSSR count). The number of hydrogen-bond donors (Lipinski definition) is 0. The molecule has 2 aliphatic rings. The van der Waals surface area contributed by atoms with Gasteiger partial charge >= 0.3 is 0 Å².